The van der Waals surface area contributed by atoms with E-state index < -0.39 is 0 Å². The van der Waals surface area contributed by atoms with Crippen molar-refractivity contribution in [2.45, 2.75) is 38.7 Å². The molecule has 2 N–H and O–H groups in total. The van der Waals surface area contributed by atoms with E-state index in [1.165, 1.54) is 12.8 Å². The van der Waals surface area contributed by atoms with E-state index in [1.54, 1.807) is 0 Å². The second-order valence-electron chi connectivity index (χ2n) is 3.58. The van der Waals surface area contributed by atoms with Crippen molar-refractivity contribution in [2.75, 3.05) is 6.54 Å². The second kappa shape index (κ2) is 4.45. The van der Waals surface area contributed by atoms with Crippen LogP contribution in [0.3, 0.4) is 0 Å². The standard InChI is InChI=1S/C9H17NO2/c1-7-2-4-8(5-3-7)12-9(11)6-10/h7-8H,2-6,10H2,1H3. The maximum Gasteiger partial charge on any atom is 0.319 e. The predicted octanol–water partition coefficient (Wildman–Crippen LogP) is 1.07. The van der Waals surface area contributed by atoms with Crippen molar-refractivity contribution in [1.29, 1.82) is 0 Å². The third-order valence-electron chi connectivity index (χ3n) is 2.43. The topological polar surface area (TPSA) is 52.3 Å². The second-order valence-corrected chi connectivity index (χ2v) is 3.58. The van der Waals surface area contributed by atoms with Gasteiger partial charge in [-0.2, -0.15) is 0 Å². The molecule has 0 radical (unpaired) electrons. The number of hydrogen-bond donors (Lipinski definition) is 1. The molecule has 3 nitrogen and oxygen atoms in total. The van der Waals surface area contributed by atoms with Gasteiger partial charge in [0.05, 0.1) is 6.54 Å². The van der Waals surface area contributed by atoms with Gasteiger partial charge in [0.1, 0.15) is 6.10 Å². The van der Waals surface area contributed by atoms with E-state index in [9.17, 15) is 4.79 Å². The van der Waals surface area contributed by atoms with E-state index in [4.69, 9.17) is 10.5 Å². The lowest BCUT2D eigenvalue weighted by Crippen LogP contribution is -2.27. The first-order valence-electron chi connectivity index (χ1n) is 4.62. The van der Waals surface area contributed by atoms with Gasteiger partial charge in [-0.25, -0.2) is 0 Å². The van der Waals surface area contributed by atoms with Crippen molar-refractivity contribution >= 4 is 5.97 Å². The fourth-order valence-corrected chi connectivity index (χ4v) is 1.58. The van der Waals surface area contributed by atoms with Crippen molar-refractivity contribution in [3.8, 4) is 0 Å². The van der Waals surface area contributed by atoms with Gasteiger partial charge in [0.25, 0.3) is 0 Å². The van der Waals surface area contributed by atoms with Crippen molar-refractivity contribution in [3.63, 3.8) is 0 Å². The molecule has 12 heavy (non-hydrogen) atoms. The highest BCUT2D eigenvalue weighted by Crippen LogP contribution is 2.25. The van der Waals surface area contributed by atoms with E-state index in [-0.39, 0.29) is 18.6 Å². The van der Waals surface area contributed by atoms with E-state index in [1.807, 2.05) is 0 Å². The van der Waals surface area contributed by atoms with Crippen LogP contribution >= 0.6 is 0 Å². The summed E-state index contributed by atoms with van der Waals surface area (Å²) in [6, 6.07) is 0. The SMILES string of the molecule is CC1CCC(OC(=O)CN)CC1. The Morgan fingerprint density at radius 2 is 2.00 bits per heavy atom. The van der Waals surface area contributed by atoms with Crippen LogP contribution < -0.4 is 5.73 Å². The first kappa shape index (κ1) is 9.52. The summed E-state index contributed by atoms with van der Waals surface area (Å²) in [4.78, 5) is 10.8. The number of carbonyl (C=O) groups is 1. The van der Waals surface area contributed by atoms with Crippen molar-refractivity contribution < 1.29 is 9.53 Å². The Bertz CT molecular complexity index is 151. The lowest BCUT2D eigenvalue weighted by Gasteiger charge is -2.25. The molecule has 1 aliphatic rings. The summed E-state index contributed by atoms with van der Waals surface area (Å²) in [7, 11) is 0. The molecular formula is C9H17NO2. The summed E-state index contributed by atoms with van der Waals surface area (Å²) >= 11 is 0. The molecule has 0 saturated heterocycles. The average Bonchev–Trinajstić information content (AvgIpc) is 2.09. The summed E-state index contributed by atoms with van der Waals surface area (Å²) in [6.45, 7) is 2.24. The Balaban J connectivity index is 2.21. The summed E-state index contributed by atoms with van der Waals surface area (Å²) in [5, 5.41) is 0. The summed E-state index contributed by atoms with van der Waals surface area (Å²) in [5.74, 6) is 0.521. The Hall–Kier alpha value is -0.570. The number of rotatable bonds is 2. The first-order chi connectivity index (χ1) is 5.72. The Morgan fingerprint density at radius 1 is 1.42 bits per heavy atom. The number of carbonyl (C=O) groups excluding carboxylic acids is 1. The molecule has 0 aromatic heterocycles. The average molecular weight is 171 g/mol. The zero-order chi connectivity index (χ0) is 8.97. The number of esters is 1. The normalized spacial score (nSPS) is 29.8. The van der Waals surface area contributed by atoms with Crippen LogP contribution in [0, 0.1) is 5.92 Å². The van der Waals surface area contributed by atoms with Crippen LogP contribution in [-0.2, 0) is 9.53 Å². The molecule has 0 aromatic carbocycles. The van der Waals surface area contributed by atoms with Crippen molar-refractivity contribution in [1.82, 2.24) is 0 Å². The predicted molar refractivity (Wildman–Crippen MR) is 46.6 cm³/mol. The fourth-order valence-electron chi connectivity index (χ4n) is 1.58. The molecule has 0 aromatic rings. The Labute approximate surface area is 73.3 Å². The minimum atomic E-state index is -0.269. The maximum atomic E-state index is 10.8. The summed E-state index contributed by atoms with van der Waals surface area (Å²) in [6.07, 6.45) is 4.49. The smallest absolute Gasteiger partial charge is 0.319 e. The van der Waals surface area contributed by atoms with Gasteiger partial charge < -0.3 is 10.5 Å². The monoisotopic (exact) mass is 171 g/mol. The third kappa shape index (κ3) is 2.81. The Morgan fingerprint density at radius 3 is 2.50 bits per heavy atom. The summed E-state index contributed by atoms with van der Waals surface area (Å²) < 4.78 is 5.12. The number of hydrogen-bond acceptors (Lipinski definition) is 3. The molecule has 0 spiro atoms. The van der Waals surface area contributed by atoms with Crippen LogP contribution in [0.15, 0.2) is 0 Å². The molecule has 3 heteroatoms. The van der Waals surface area contributed by atoms with Gasteiger partial charge >= 0.3 is 5.97 Å². The van der Waals surface area contributed by atoms with E-state index in [2.05, 4.69) is 6.92 Å². The highest BCUT2D eigenvalue weighted by atomic mass is 16.5. The van der Waals surface area contributed by atoms with Gasteiger partial charge in [-0.1, -0.05) is 6.92 Å². The van der Waals surface area contributed by atoms with Crippen LogP contribution in [0.5, 0.6) is 0 Å². The van der Waals surface area contributed by atoms with E-state index in [0.717, 1.165) is 18.8 Å². The molecule has 70 valence electrons. The number of ether oxygens (including phenoxy) is 1. The minimum Gasteiger partial charge on any atom is -0.461 e. The van der Waals surface area contributed by atoms with Gasteiger partial charge in [0, 0.05) is 0 Å². The molecule has 1 fully saturated rings. The van der Waals surface area contributed by atoms with Gasteiger partial charge in [0.15, 0.2) is 0 Å². The van der Waals surface area contributed by atoms with Crippen LogP contribution in [0.4, 0.5) is 0 Å². The van der Waals surface area contributed by atoms with Gasteiger partial charge in [0.2, 0.25) is 0 Å². The number of nitrogens with two attached hydrogens (primary N) is 1. The summed E-state index contributed by atoms with van der Waals surface area (Å²) in [5.41, 5.74) is 5.14. The van der Waals surface area contributed by atoms with E-state index >= 15 is 0 Å². The van der Waals surface area contributed by atoms with Gasteiger partial charge in [-0.05, 0) is 31.6 Å². The van der Waals surface area contributed by atoms with Crippen molar-refractivity contribution in [3.05, 3.63) is 0 Å². The highest BCUT2D eigenvalue weighted by molar-refractivity contribution is 5.71. The molecule has 1 rings (SSSR count). The van der Waals surface area contributed by atoms with Crippen molar-refractivity contribution in [2.24, 2.45) is 11.7 Å². The van der Waals surface area contributed by atoms with Crippen LogP contribution in [0.25, 0.3) is 0 Å². The lowest BCUT2D eigenvalue weighted by atomic mass is 9.89. The molecule has 0 atom stereocenters. The molecule has 1 aliphatic carbocycles. The first-order valence-corrected chi connectivity index (χ1v) is 4.62. The molecule has 0 amide bonds. The van der Waals surface area contributed by atoms with Crippen LogP contribution in [0.1, 0.15) is 32.6 Å². The largest absolute Gasteiger partial charge is 0.461 e. The zero-order valence-corrected chi connectivity index (χ0v) is 7.58. The molecular weight excluding hydrogens is 154 g/mol. The minimum absolute atomic E-state index is 0.00601. The van der Waals surface area contributed by atoms with Gasteiger partial charge in [-0.3, -0.25) is 4.79 Å². The lowest BCUT2D eigenvalue weighted by molar-refractivity contribution is -0.149. The molecule has 0 bridgehead atoms. The maximum absolute atomic E-state index is 10.8. The molecule has 1 saturated carbocycles. The Kier molecular flexibility index (Phi) is 3.53. The van der Waals surface area contributed by atoms with E-state index in [0.29, 0.717) is 0 Å². The van der Waals surface area contributed by atoms with Crippen LogP contribution in [-0.4, -0.2) is 18.6 Å². The molecule has 0 unspecified atom stereocenters. The highest BCUT2D eigenvalue weighted by Gasteiger charge is 2.20. The van der Waals surface area contributed by atoms with Gasteiger partial charge in [-0.15, -0.1) is 0 Å². The zero-order valence-electron chi connectivity index (χ0n) is 7.58. The third-order valence-corrected chi connectivity index (χ3v) is 2.43. The quantitative estimate of drug-likeness (QED) is 0.632. The molecule has 0 aliphatic heterocycles. The van der Waals surface area contributed by atoms with Crippen LogP contribution in [0.2, 0.25) is 0 Å². The fraction of sp³-hybridized carbons (Fsp3) is 0.889. The molecule has 0 heterocycles.